The molecule has 0 radical (unpaired) electrons. The van der Waals surface area contributed by atoms with E-state index in [1.54, 1.807) is 11.8 Å². The predicted molar refractivity (Wildman–Crippen MR) is 77.4 cm³/mol. The van der Waals surface area contributed by atoms with Crippen LogP contribution in [0.15, 0.2) is 35.2 Å². The van der Waals surface area contributed by atoms with Crippen LogP contribution in [0.2, 0.25) is 0 Å². The summed E-state index contributed by atoms with van der Waals surface area (Å²) in [4.78, 5) is 12.6. The maximum Gasteiger partial charge on any atom is 0.168 e. The van der Waals surface area contributed by atoms with Crippen LogP contribution in [0.3, 0.4) is 0 Å². The lowest BCUT2D eigenvalue weighted by molar-refractivity contribution is -0.115. The average molecular weight is 344 g/mol. The van der Waals surface area contributed by atoms with Crippen molar-refractivity contribution in [1.29, 1.82) is 0 Å². The van der Waals surface area contributed by atoms with E-state index in [4.69, 9.17) is 0 Å². The number of rotatable bonds is 3. The van der Waals surface area contributed by atoms with E-state index in [-0.39, 0.29) is 0 Å². The summed E-state index contributed by atoms with van der Waals surface area (Å²) in [5, 5.41) is 0. The van der Waals surface area contributed by atoms with Crippen molar-refractivity contribution in [1.82, 2.24) is 0 Å². The summed E-state index contributed by atoms with van der Waals surface area (Å²) in [7, 11) is 0. The average Bonchev–Trinajstić information content (AvgIpc) is 2.30. The molecular formula is C13H13IOS. The van der Waals surface area contributed by atoms with Crippen molar-refractivity contribution >= 4 is 40.1 Å². The smallest absolute Gasteiger partial charge is 0.168 e. The second-order valence-corrected chi connectivity index (χ2v) is 5.94. The highest BCUT2D eigenvalue weighted by Crippen LogP contribution is 2.28. The van der Waals surface area contributed by atoms with Crippen molar-refractivity contribution in [2.24, 2.45) is 0 Å². The molecule has 1 aromatic carbocycles. The molecular weight excluding hydrogens is 331 g/mol. The first-order valence-electron chi connectivity index (χ1n) is 5.37. The molecule has 0 saturated carbocycles. The first-order valence-corrected chi connectivity index (χ1v) is 7.43. The number of hydrogen-bond acceptors (Lipinski definition) is 2. The first-order chi connectivity index (χ1) is 7.77. The number of ketones is 1. The Kier molecular flexibility index (Phi) is 4.46. The molecule has 3 heteroatoms. The topological polar surface area (TPSA) is 17.1 Å². The molecule has 0 heterocycles. The monoisotopic (exact) mass is 344 g/mol. The largest absolute Gasteiger partial charge is 0.294 e. The van der Waals surface area contributed by atoms with Gasteiger partial charge < -0.3 is 0 Å². The van der Waals surface area contributed by atoms with Gasteiger partial charge in [0.15, 0.2) is 5.78 Å². The molecule has 0 aliphatic heterocycles. The summed E-state index contributed by atoms with van der Waals surface area (Å²) in [6.07, 6.45) is 4.89. The molecule has 1 aromatic rings. The van der Waals surface area contributed by atoms with Gasteiger partial charge in [-0.25, -0.2) is 0 Å². The van der Waals surface area contributed by atoms with Gasteiger partial charge in [0.2, 0.25) is 0 Å². The molecule has 0 fully saturated rings. The van der Waals surface area contributed by atoms with Gasteiger partial charge in [0.05, 0.1) is 0 Å². The van der Waals surface area contributed by atoms with Crippen LogP contribution in [0.5, 0.6) is 0 Å². The SMILES string of the molecule is O=C1CCCC=C1SCc1ccccc1I. The molecule has 1 aliphatic carbocycles. The van der Waals surface area contributed by atoms with Crippen molar-refractivity contribution < 1.29 is 4.79 Å². The fraction of sp³-hybridized carbons (Fsp3) is 0.308. The van der Waals surface area contributed by atoms with Crippen LogP contribution >= 0.6 is 34.4 Å². The summed E-state index contributed by atoms with van der Waals surface area (Å²) in [6.45, 7) is 0. The maximum absolute atomic E-state index is 11.6. The first kappa shape index (κ1) is 12.2. The molecule has 0 aromatic heterocycles. The Morgan fingerprint density at radius 2 is 2.12 bits per heavy atom. The fourth-order valence-corrected chi connectivity index (χ4v) is 3.54. The van der Waals surface area contributed by atoms with E-state index in [2.05, 4.69) is 46.9 Å². The Balaban J connectivity index is 2.00. The zero-order valence-electron chi connectivity index (χ0n) is 8.91. The third-order valence-electron chi connectivity index (χ3n) is 2.55. The summed E-state index contributed by atoms with van der Waals surface area (Å²) >= 11 is 4.02. The Labute approximate surface area is 114 Å². The van der Waals surface area contributed by atoms with Crippen LogP contribution in [0.1, 0.15) is 24.8 Å². The zero-order valence-corrected chi connectivity index (χ0v) is 11.9. The van der Waals surface area contributed by atoms with E-state index >= 15 is 0 Å². The van der Waals surface area contributed by atoms with E-state index in [9.17, 15) is 4.79 Å². The van der Waals surface area contributed by atoms with Crippen molar-refractivity contribution in [3.05, 3.63) is 44.4 Å². The molecule has 0 saturated heterocycles. The number of hydrogen-bond donors (Lipinski definition) is 0. The van der Waals surface area contributed by atoms with Crippen LogP contribution in [0.25, 0.3) is 0 Å². The molecule has 0 spiro atoms. The Morgan fingerprint density at radius 1 is 1.31 bits per heavy atom. The van der Waals surface area contributed by atoms with Gasteiger partial charge in [-0.05, 0) is 47.1 Å². The van der Waals surface area contributed by atoms with Crippen molar-refractivity contribution in [2.45, 2.75) is 25.0 Å². The van der Waals surface area contributed by atoms with Gasteiger partial charge in [-0.3, -0.25) is 4.79 Å². The minimum absolute atomic E-state index is 0.321. The lowest BCUT2D eigenvalue weighted by atomic mass is 10.1. The van der Waals surface area contributed by atoms with Gasteiger partial charge in [-0.2, -0.15) is 0 Å². The van der Waals surface area contributed by atoms with E-state index in [1.165, 1.54) is 9.13 Å². The molecule has 0 atom stereocenters. The van der Waals surface area contributed by atoms with Crippen molar-refractivity contribution in [2.75, 3.05) is 0 Å². The Morgan fingerprint density at radius 3 is 2.88 bits per heavy atom. The van der Waals surface area contributed by atoms with Gasteiger partial charge in [0.25, 0.3) is 0 Å². The third kappa shape index (κ3) is 3.10. The van der Waals surface area contributed by atoms with Gasteiger partial charge in [-0.15, -0.1) is 11.8 Å². The number of halogens is 1. The van der Waals surface area contributed by atoms with Crippen LogP contribution in [-0.4, -0.2) is 5.78 Å². The normalized spacial score (nSPS) is 16.1. The molecule has 0 bridgehead atoms. The second-order valence-electron chi connectivity index (χ2n) is 3.76. The van der Waals surface area contributed by atoms with E-state index in [1.807, 2.05) is 6.07 Å². The highest BCUT2D eigenvalue weighted by Gasteiger charge is 2.14. The minimum Gasteiger partial charge on any atom is -0.294 e. The van der Waals surface area contributed by atoms with Crippen LogP contribution in [0.4, 0.5) is 0 Å². The molecule has 16 heavy (non-hydrogen) atoms. The molecule has 0 unspecified atom stereocenters. The van der Waals surface area contributed by atoms with E-state index in [0.717, 1.165) is 29.9 Å². The van der Waals surface area contributed by atoms with Gasteiger partial charge in [0, 0.05) is 20.6 Å². The lowest BCUT2D eigenvalue weighted by Crippen LogP contribution is -2.04. The maximum atomic E-state index is 11.6. The van der Waals surface area contributed by atoms with Crippen LogP contribution in [0, 0.1) is 3.57 Å². The van der Waals surface area contributed by atoms with Gasteiger partial charge in [0.1, 0.15) is 0 Å². The highest BCUT2D eigenvalue weighted by atomic mass is 127. The lowest BCUT2D eigenvalue weighted by Gasteiger charge is -2.11. The standard InChI is InChI=1S/C13H13IOS/c14-11-6-2-1-5-10(11)9-16-13-8-4-3-7-12(13)15/h1-2,5-6,8H,3-4,7,9H2. The number of benzene rings is 1. The zero-order chi connectivity index (χ0) is 11.4. The molecule has 1 nitrogen and oxygen atoms in total. The molecule has 0 amide bonds. The van der Waals surface area contributed by atoms with Gasteiger partial charge in [-0.1, -0.05) is 24.3 Å². The Hall–Kier alpha value is -0.290. The fourth-order valence-electron chi connectivity index (χ4n) is 1.64. The quantitative estimate of drug-likeness (QED) is 0.766. The molecule has 0 N–H and O–H groups in total. The molecule has 84 valence electrons. The second kappa shape index (κ2) is 5.87. The number of thioether (sulfide) groups is 1. The van der Waals surface area contributed by atoms with Crippen molar-refractivity contribution in [3.8, 4) is 0 Å². The Bertz CT molecular complexity index is 426. The summed E-state index contributed by atoms with van der Waals surface area (Å²) in [5.41, 5.74) is 1.31. The van der Waals surface area contributed by atoms with Gasteiger partial charge >= 0.3 is 0 Å². The minimum atomic E-state index is 0.321. The molecule has 2 rings (SSSR count). The van der Waals surface area contributed by atoms with Crippen molar-refractivity contribution in [3.63, 3.8) is 0 Å². The summed E-state index contributed by atoms with van der Waals surface area (Å²) in [5.74, 6) is 1.22. The van der Waals surface area contributed by atoms with E-state index in [0.29, 0.717) is 5.78 Å². The highest BCUT2D eigenvalue weighted by molar-refractivity contribution is 14.1. The predicted octanol–water partition coefficient (Wildman–Crippen LogP) is 4.16. The number of Topliss-reactive ketones (excluding diaryl/α,β-unsaturated/α-hetero) is 1. The van der Waals surface area contributed by atoms with Crippen LogP contribution < -0.4 is 0 Å². The third-order valence-corrected chi connectivity index (χ3v) is 4.77. The molecule has 1 aliphatic rings. The van der Waals surface area contributed by atoms with Crippen LogP contribution in [-0.2, 0) is 10.5 Å². The number of allylic oxidation sites excluding steroid dienone is 2. The van der Waals surface area contributed by atoms with E-state index < -0.39 is 0 Å². The summed E-state index contributed by atoms with van der Waals surface area (Å²) in [6, 6.07) is 8.33. The summed E-state index contributed by atoms with van der Waals surface area (Å²) < 4.78 is 1.27. The number of carbonyl (C=O) groups is 1. The number of carbonyl (C=O) groups excluding carboxylic acids is 1.